The zero-order valence-corrected chi connectivity index (χ0v) is 25.0. The second kappa shape index (κ2) is 21.6. The van der Waals surface area contributed by atoms with Gasteiger partial charge in [-0.05, 0) is 26.2 Å². The molecule has 0 aliphatic heterocycles. The maximum absolute atomic E-state index is 13.1. The molecular formula is C24H42N10O12. The highest BCUT2D eigenvalue weighted by molar-refractivity contribution is 5.95. The molecule has 0 saturated carbocycles. The van der Waals surface area contributed by atoms with Gasteiger partial charge >= 0.3 is 11.9 Å². The normalized spacial score (nSPS) is 13.7. The Balaban J connectivity index is 5.47. The molecule has 5 atom stereocenters. The van der Waals surface area contributed by atoms with Crippen LogP contribution >= 0.6 is 0 Å². The number of carbonyl (C=O) groups excluding carboxylic acids is 6. The van der Waals surface area contributed by atoms with E-state index in [1.165, 1.54) is 0 Å². The summed E-state index contributed by atoms with van der Waals surface area (Å²) in [6.45, 7) is -1.53. The van der Waals surface area contributed by atoms with Crippen LogP contribution in [0.15, 0.2) is 4.99 Å². The van der Waals surface area contributed by atoms with Crippen LogP contribution in [0.25, 0.3) is 0 Å². The van der Waals surface area contributed by atoms with Gasteiger partial charge in [0.2, 0.25) is 35.4 Å². The number of rotatable bonds is 22. The van der Waals surface area contributed by atoms with Gasteiger partial charge in [-0.25, -0.2) is 4.79 Å². The predicted octanol–water partition coefficient (Wildman–Crippen LogP) is -7.51. The summed E-state index contributed by atoms with van der Waals surface area (Å²) in [7, 11) is 0. The van der Waals surface area contributed by atoms with Gasteiger partial charge in [-0.15, -0.1) is 0 Å². The van der Waals surface area contributed by atoms with Crippen molar-refractivity contribution in [3.8, 4) is 0 Å². The maximum atomic E-state index is 13.1. The Morgan fingerprint density at radius 3 is 1.83 bits per heavy atom. The van der Waals surface area contributed by atoms with E-state index in [9.17, 15) is 53.7 Å². The summed E-state index contributed by atoms with van der Waals surface area (Å²) in [4.78, 5) is 100. The van der Waals surface area contributed by atoms with E-state index in [1.54, 1.807) is 0 Å². The smallest absolute Gasteiger partial charge is 0.328 e. The number of nitrogens with two attached hydrogens (primary N) is 3. The molecule has 16 N–H and O–H groups in total. The summed E-state index contributed by atoms with van der Waals surface area (Å²) in [6.07, 6.45) is -2.61. The van der Waals surface area contributed by atoms with Crippen molar-refractivity contribution in [3.05, 3.63) is 0 Å². The van der Waals surface area contributed by atoms with E-state index in [0.717, 1.165) is 6.92 Å². The highest BCUT2D eigenvalue weighted by atomic mass is 16.4. The van der Waals surface area contributed by atoms with Crippen molar-refractivity contribution in [2.75, 3.05) is 32.8 Å². The van der Waals surface area contributed by atoms with Crippen molar-refractivity contribution in [1.82, 2.24) is 31.9 Å². The quantitative estimate of drug-likeness (QED) is 0.0291. The first-order chi connectivity index (χ1) is 21.5. The molecule has 0 radical (unpaired) electrons. The largest absolute Gasteiger partial charge is 0.481 e. The predicted molar refractivity (Wildman–Crippen MR) is 156 cm³/mol. The number of aliphatic hydroxyl groups excluding tert-OH is 2. The number of nitrogens with zero attached hydrogens (tertiary/aromatic N) is 1. The summed E-state index contributed by atoms with van der Waals surface area (Å²) in [5, 5.41) is 50.3. The van der Waals surface area contributed by atoms with Gasteiger partial charge in [-0.3, -0.25) is 38.6 Å². The fourth-order valence-corrected chi connectivity index (χ4v) is 3.45. The van der Waals surface area contributed by atoms with E-state index in [1.807, 2.05) is 0 Å². The number of aliphatic imine (C=N–C) groups is 1. The molecule has 6 amide bonds. The van der Waals surface area contributed by atoms with Crippen LogP contribution in [0, 0.1) is 0 Å². The monoisotopic (exact) mass is 662 g/mol. The van der Waals surface area contributed by atoms with Crippen LogP contribution in [0.4, 0.5) is 0 Å². The number of guanidine groups is 1. The number of nitrogens with one attached hydrogen (secondary N) is 6. The molecule has 0 fully saturated rings. The third-order valence-corrected chi connectivity index (χ3v) is 5.81. The average molecular weight is 663 g/mol. The molecule has 22 heteroatoms. The number of amides is 6. The molecule has 0 saturated heterocycles. The Bertz CT molecular complexity index is 1130. The molecule has 0 aromatic rings. The Morgan fingerprint density at radius 1 is 0.739 bits per heavy atom. The second-order valence-corrected chi connectivity index (χ2v) is 9.63. The first-order valence-corrected chi connectivity index (χ1v) is 13.7. The number of hydrogen-bond acceptors (Lipinski definition) is 12. The number of carbonyl (C=O) groups is 8. The van der Waals surface area contributed by atoms with Crippen LogP contribution in [0.3, 0.4) is 0 Å². The standard InChI is InChI=1S/C24H42N10O12/c1-11(36)19(23(45)46)34-22(44)12(3-2-6-28-24(26)27)33-21(43)13(4-5-18(40)41)31-17(39)9-29-16(38)8-30-20(42)14(10-35)32-15(37)7-25/h11-14,19,35-36H,2-10,25H2,1H3,(H,29,38)(H,30,42)(H,31,39)(H,32,37)(H,33,43)(H,34,44)(H,40,41)(H,45,46)(H4,26,27,28)/t11-,12+,13+,14+,19+/m1/s1. The van der Waals surface area contributed by atoms with Crippen molar-refractivity contribution in [2.45, 2.75) is 62.9 Å². The molecule has 0 heterocycles. The summed E-state index contributed by atoms with van der Waals surface area (Å²) in [6, 6.07) is -6.11. The minimum atomic E-state index is -1.74. The van der Waals surface area contributed by atoms with Gasteiger partial charge in [0.25, 0.3) is 0 Å². The van der Waals surface area contributed by atoms with Crippen LogP contribution < -0.4 is 49.1 Å². The number of hydrogen-bond donors (Lipinski definition) is 13. The lowest BCUT2D eigenvalue weighted by Crippen LogP contribution is -2.58. The fourth-order valence-electron chi connectivity index (χ4n) is 3.45. The number of carboxylic acid groups (broad SMARTS) is 2. The number of carboxylic acids is 2. The van der Waals surface area contributed by atoms with Gasteiger partial charge in [0.1, 0.15) is 18.1 Å². The van der Waals surface area contributed by atoms with Gasteiger partial charge in [0.05, 0.1) is 32.3 Å². The highest BCUT2D eigenvalue weighted by Gasteiger charge is 2.31. The van der Waals surface area contributed by atoms with E-state index in [0.29, 0.717) is 0 Å². The number of aliphatic hydroxyl groups is 2. The Hall–Kier alpha value is -5.09. The van der Waals surface area contributed by atoms with E-state index >= 15 is 0 Å². The minimum Gasteiger partial charge on any atom is -0.481 e. The topological polar surface area (TPSA) is 380 Å². The lowest BCUT2D eigenvalue weighted by atomic mass is 10.1. The molecular weight excluding hydrogens is 620 g/mol. The van der Waals surface area contributed by atoms with Gasteiger partial charge in [-0.1, -0.05) is 0 Å². The van der Waals surface area contributed by atoms with Crippen LogP contribution in [-0.4, -0.2) is 137 Å². The average Bonchev–Trinajstić information content (AvgIpc) is 2.98. The third kappa shape index (κ3) is 17.3. The molecule has 0 bridgehead atoms. The molecule has 0 aromatic heterocycles. The zero-order chi connectivity index (χ0) is 35.4. The van der Waals surface area contributed by atoms with E-state index < -0.39 is 117 Å². The SMILES string of the molecule is C[C@@H](O)[C@H](NC(=O)[C@H](CCCN=C(N)N)NC(=O)[C@H](CCC(=O)O)NC(=O)CNC(=O)CNC(=O)[C@H](CO)NC(=O)CN)C(=O)O. The molecule has 0 aromatic carbocycles. The van der Waals surface area contributed by atoms with Crippen LogP contribution in [-0.2, 0) is 38.4 Å². The Morgan fingerprint density at radius 2 is 1.30 bits per heavy atom. The molecule has 0 unspecified atom stereocenters. The second-order valence-electron chi connectivity index (χ2n) is 9.63. The van der Waals surface area contributed by atoms with Crippen molar-refractivity contribution < 1.29 is 58.8 Å². The molecule has 0 aliphatic carbocycles. The van der Waals surface area contributed by atoms with Crippen molar-refractivity contribution >= 4 is 53.3 Å². The summed E-state index contributed by atoms with van der Waals surface area (Å²) in [5.74, 6) is -8.71. The molecule has 260 valence electrons. The third-order valence-electron chi connectivity index (χ3n) is 5.81. The molecule has 0 spiro atoms. The highest BCUT2D eigenvalue weighted by Crippen LogP contribution is 2.05. The van der Waals surface area contributed by atoms with Gasteiger partial charge < -0.3 is 69.5 Å². The summed E-state index contributed by atoms with van der Waals surface area (Å²) in [5.41, 5.74) is 15.6. The summed E-state index contributed by atoms with van der Waals surface area (Å²) >= 11 is 0. The first kappa shape index (κ1) is 40.9. The number of aliphatic carboxylic acids is 2. The molecule has 46 heavy (non-hydrogen) atoms. The van der Waals surface area contributed by atoms with E-state index in [2.05, 4.69) is 36.9 Å². The van der Waals surface area contributed by atoms with Crippen LogP contribution in [0.1, 0.15) is 32.6 Å². The Kier molecular flexibility index (Phi) is 19.2. The fraction of sp³-hybridized carbons (Fsp3) is 0.625. The summed E-state index contributed by atoms with van der Waals surface area (Å²) < 4.78 is 0. The lowest BCUT2D eigenvalue weighted by Gasteiger charge is -2.25. The molecule has 0 rings (SSSR count). The molecule has 0 aliphatic rings. The maximum Gasteiger partial charge on any atom is 0.328 e. The van der Waals surface area contributed by atoms with Gasteiger partial charge in [-0.2, -0.15) is 0 Å². The minimum absolute atomic E-state index is 0.0169. The van der Waals surface area contributed by atoms with Crippen molar-refractivity contribution in [1.29, 1.82) is 0 Å². The zero-order valence-electron chi connectivity index (χ0n) is 25.0. The lowest BCUT2D eigenvalue weighted by molar-refractivity contribution is -0.145. The first-order valence-electron chi connectivity index (χ1n) is 13.7. The molecule has 22 nitrogen and oxygen atoms in total. The van der Waals surface area contributed by atoms with Gasteiger partial charge in [0, 0.05) is 13.0 Å². The van der Waals surface area contributed by atoms with Crippen LogP contribution in [0.2, 0.25) is 0 Å². The van der Waals surface area contributed by atoms with Crippen molar-refractivity contribution in [3.63, 3.8) is 0 Å². The van der Waals surface area contributed by atoms with Crippen LogP contribution in [0.5, 0.6) is 0 Å². The van der Waals surface area contributed by atoms with Gasteiger partial charge in [0.15, 0.2) is 12.0 Å². The Labute approximate surface area is 262 Å². The van der Waals surface area contributed by atoms with E-state index in [4.69, 9.17) is 22.3 Å². The van der Waals surface area contributed by atoms with E-state index in [-0.39, 0.29) is 25.3 Å². The van der Waals surface area contributed by atoms with Crippen molar-refractivity contribution in [2.24, 2.45) is 22.2 Å².